The minimum atomic E-state index is -0.971. The number of anilines is 1. The van der Waals surface area contributed by atoms with Crippen molar-refractivity contribution in [2.75, 3.05) is 5.32 Å². The van der Waals surface area contributed by atoms with Gasteiger partial charge in [-0.2, -0.15) is 0 Å². The van der Waals surface area contributed by atoms with Crippen LogP contribution in [0.1, 0.15) is 30.0 Å². The molecule has 0 bridgehead atoms. The van der Waals surface area contributed by atoms with E-state index in [0.29, 0.717) is 20.8 Å². The van der Waals surface area contributed by atoms with Gasteiger partial charge in [-0.1, -0.05) is 0 Å². The van der Waals surface area contributed by atoms with Crippen molar-refractivity contribution < 1.29 is 23.5 Å². The third-order valence-corrected chi connectivity index (χ3v) is 3.78. The lowest BCUT2D eigenvalue weighted by molar-refractivity contribution is -0.148. The molecule has 0 aliphatic heterocycles. The van der Waals surface area contributed by atoms with Crippen LogP contribution in [-0.4, -0.2) is 23.8 Å². The maximum Gasteiger partial charge on any atom is 0.331 e. The van der Waals surface area contributed by atoms with Crippen LogP contribution in [-0.2, 0) is 14.3 Å². The number of carbonyl (C=O) groups is 3. The number of nitrogens with one attached hydrogen (secondary N) is 1. The topological polar surface area (TPSA) is 85.6 Å². The molecule has 2 rings (SSSR count). The normalized spacial score (nSPS) is 12.0. The summed E-state index contributed by atoms with van der Waals surface area (Å²) in [5, 5.41) is 2.62. The van der Waals surface area contributed by atoms with Gasteiger partial charge in [-0.05, 0) is 78.9 Å². The van der Waals surface area contributed by atoms with Gasteiger partial charge in [0.25, 0.3) is 5.91 Å². The van der Waals surface area contributed by atoms with Gasteiger partial charge in [0.15, 0.2) is 15.7 Å². The molecule has 0 unspecified atom stereocenters. The fourth-order valence-electron chi connectivity index (χ4n) is 1.87. The SMILES string of the molecule is CC(=O)c1ccc(NC(=O)[C@@H](C)OC(=O)/C=C/c2ccc(I)o2)cc1. The third-order valence-electron chi connectivity index (χ3n) is 3.20. The molecule has 1 aromatic carbocycles. The van der Waals surface area contributed by atoms with Gasteiger partial charge in [0.1, 0.15) is 5.76 Å². The van der Waals surface area contributed by atoms with Crippen molar-refractivity contribution in [2.45, 2.75) is 20.0 Å². The van der Waals surface area contributed by atoms with E-state index >= 15 is 0 Å². The Bertz CT molecular complexity index is 807. The summed E-state index contributed by atoms with van der Waals surface area (Å²) in [5.74, 6) is -0.659. The Morgan fingerprint density at radius 1 is 1.16 bits per heavy atom. The molecule has 1 atom stereocenters. The Labute approximate surface area is 158 Å². The maximum atomic E-state index is 12.0. The van der Waals surface area contributed by atoms with Crippen LogP contribution >= 0.6 is 22.6 Å². The highest BCUT2D eigenvalue weighted by molar-refractivity contribution is 14.1. The first-order valence-electron chi connectivity index (χ1n) is 7.41. The maximum absolute atomic E-state index is 12.0. The Morgan fingerprint density at radius 3 is 2.40 bits per heavy atom. The largest absolute Gasteiger partial charge is 0.451 e. The molecule has 0 radical (unpaired) electrons. The number of esters is 1. The first kappa shape index (κ1) is 18.9. The smallest absolute Gasteiger partial charge is 0.331 e. The van der Waals surface area contributed by atoms with Crippen molar-refractivity contribution in [3.05, 3.63) is 57.6 Å². The van der Waals surface area contributed by atoms with Gasteiger partial charge in [0.2, 0.25) is 0 Å². The van der Waals surface area contributed by atoms with Crippen LogP contribution in [0.15, 0.2) is 46.9 Å². The predicted octanol–water partition coefficient (Wildman–Crippen LogP) is 3.67. The molecule has 0 fully saturated rings. The molecule has 2 aromatic rings. The highest BCUT2D eigenvalue weighted by Gasteiger charge is 2.16. The van der Waals surface area contributed by atoms with E-state index in [1.165, 1.54) is 26.0 Å². The van der Waals surface area contributed by atoms with Crippen LogP contribution in [0.2, 0.25) is 0 Å². The summed E-state index contributed by atoms with van der Waals surface area (Å²) in [6, 6.07) is 9.93. The summed E-state index contributed by atoms with van der Waals surface area (Å²) < 4.78 is 11.0. The number of furan rings is 1. The summed E-state index contributed by atoms with van der Waals surface area (Å²) in [7, 11) is 0. The average Bonchev–Trinajstić information content (AvgIpc) is 2.99. The first-order chi connectivity index (χ1) is 11.8. The van der Waals surface area contributed by atoms with Crippen LogP contribution in [0.4, 0.5) is 5.69 Å². The zero-order chi connectivity index (χ0) is 18.4. The Morgan fingerprint density at radius 2 is 1.84 bits per heavy atom. The summed E-state index contributed by atoms with van der Waals surface area (Å²) in [6.45, 7) is 2.94. The molecule has 7 heteroatoms. The minimum absolute atomic E-state index is 0.0572. The molecule has 0 aliphatic rings. The monoisotopic (exact) mass is 453 g/mol. The zero-order valence-electron chi connectivity index (χ0n) is 13.6. The number of ether oxygens (including phenoxy) is 1. The quantitative estimate of drug-likeness (QED) is 0.312. The Balaban J connectivity index is 1.87. The molecule has 25 heavy (non-hydrogen) atoms. The first-order valence-corrected chi connectivity index (χ1v) is 8.49. The van der Waals surface area contributed by atoms with Gasteiger partial charge >= 0.3 is 5.97 Å². The van der Waals surface area contributed by atoms with E-state index in [0.717, 1.165) is 0 Å². The zero-order valence-corrected chi connectivity index (χ0v) is 15.8. The lowest BCUT2D eigenvalue weighted by Gasteiger charge is -2.12. The van der Waals surface area contributed by atoms with Crippen molar-refractivity contribution in [3.63, 3.8) is 0 Å². The average molecular weight is 453 g/mol. The molecule has 1 aromatic heterocycles. The van der Waals surface area contributed by atoms with E-state index < -0.39 is 18.0 Å². The summed E-state index contributed by atoms with van der Waals surface area (Å²) in [6.07, 6.45) is 1.69. The van der Waals surface area contributed by atoms with E-state index in [4.69, 9.17) is 9.15 Å². The van der Waals surface area contributed by atoms with Crippen molar-refractivity contribution in [2.24, 2.45) is 0 Å². The number of hydrogen-bond donors (Lipinski definition) is 1. The molecule has 1 N–H and O–H groups in total. The highest BCUT2D eigenvalue weighted by Crippen LogP contribution is 2.12. The van der Waals surface area contributed by atoms with Crippen molar-refractivity contribution in [1.29, 1.82) is 0 Å². The number of carbonyl (C=O) groups excluding carboxylic acids is 3. The molecular formula is C18H16INO5. The molecule has 0 spiro atoms. The molecule has 1 amide bonds. The number of halogens is 1. The summed E-state index contributed by atoms with van der Waals surface area (Å²) in [4.78, 5) is 35.0. The molecule has 0 saturated carbocycles. The molecule has 6 nitrogen and oxygen atoms in total. The van der Waals surface area contributed by atoms with Crippen molar-refractivity contribution >= 4 is 52.0 Å². The molecule has 1 heterocycles. The van der Waals surface area contributed by atoms with Gasteiger partial charge in [0.05, 0.1) is 0 Å². The third kappa shape index (κ3) is 5.86. The van der Waals surface area contributed by atoms with Gasteiger partial charge in [0, 0.05) is 17.3 Å². The van der Waals surface area contributed by atoms with Crippen LogP contribution in [0.5, 0.6) is 0 Å². The Hall–Kier alpha value is -2.42. The van der Waals surface area contributed by atoms with E-state index in [9.17, 15) is 14.4 Å². The van der Waals surface area contributed by atoms with Crippen molar-refractivity contribution in [3.8, 4) is 0 Å². The van der Waals surface area contributed by atoms with E-state index in [1.807, 2.05) is 22.6 Å². The fourth-order valence-corrected chi connectivity index (χ4v) is 2.30. The standard InChI is InChI=1S/C18H16INO5/c1-11(21)13-3-5-14(6-4-13)20-18(23)12(2)24-17(22)10-8-15-7-9-16(19)25-15/h3-10,12H,1-2H3,(H,20,23)/b10-8+/t12-/m1/s1. The molecule has 0 saturated heterocycles. The predicted molar refractivity (Wildman–Crippen MR) is 101 cm³/mol. The lowest BCUT2D eigenvalue weighted by atomic mass is 10.1. The highest BCUT2D eigenvalue weighted by atomic mass is 127. The molecule has 0 aliphatic carbocycles. The number of rotatable bonds is 6. The second-order valence-corrected chi connectivity index (χ2v) is 6.24. The number of Topliss-reactive ketones (excluding diaryl/α,β-unsaturated/α-hetero) is 1. The van der Waals surface area contributed by atoms with Crippen LogP contribution in [0.3, 0.4) is 0 Å². The minimum Gasteiger partial charge on any atom is -0.451 e. The van der Waals surface area contributed by atoms with Crippen LogP contribution in [0.25, 0.3) is 6.08 Å². The van der Waals surface area contributed by atoms with Crippen LogP contribution in [0, 0.1) is 3.77 Å². The van der Waals surface area contributed by atoms with E-state index in [-0.39, 0.29) is 5.78 Å². The second-order valence-electron chi connectivity index (χ2n) is 5.18. The van der Waals surface area contributed by atoms with Gasteiger partial charge in [-0.15, -0.1) is 0 Å². The lowest BCUT2D eigenvalue weighted by Crippen LogP contribution is -2.29. The summed E-state index contributed by atoms with van der Waals surface area (Å²) >= 11 is 2.01. The Kier molecular flexibility index (Phi) is 6.51. The summed E-state index contributed by atoms with van der Waals surface area (Å²) in [5.41, 5.74) is 1.06. The van der Waals surface area contributed by atoms with E-state index in [1.54, 1.807) is 36.4 Å². The van der Waals surface area contributed by atoms with Gasteiger partial charge < -0.3 is 14.5 Å². The molecular weight excluding hydrogens is 437 g/mol. The second kappa shape index (κ2) is 8.61. The fraction of sp³-hybridized carbons (Fsp3) is 0.167. The van der Waals surface area contributed by atoms with E-state index in [2.05, 4.69) is 5.32 Å². The van der Waals surface area contributed by atoms with Gasteiger partial charge in [-0.25, -0.2) is 4.79 Å². The van der Waals surface area contributed by atoms with Gasteiger partial charge in [-0.3, -0.25) is 9.59 Å². The number of amides is 1. The molecule has 130 valence electrons. The van der Waals surface area contributed by atoms with Crippen molar-refractivity contribution in [1.82, 2.24) is 0 Å². The number of ketones is 1. The number of hydrogen-bond acceptors (Lipinski definition) is 5. The van der Waals surface area contributed by atoms with Crippen LogP contribution < -0.4 is 5.32 Å². The number of benzene rings is 1.